The van der Waals surface area contributed by atoms with Gasteiger partial charge >= 0.3 is 0 Å². The zero-order chi connectivity index (χ0) is 9.31. The first-order chi connectivity index (χ1) is 6.26. The van der Waals surface area contributed by atoms with Gasteiger partial charge in [-0.2, -0.15) is 0 Å². The average molecular weight is 182 g/mol. The predicted octanol–water partition coefficient (Wildman–Crippen LogP) is 2.81. The Bertz CT molecular complexity index is 176. The highest BCUT2D eigenvalue weighted by Crippen LogP contribution is 2.38. The van der Waals surface area contributed by atoms with E-state index in [9.17, 15) is 0 Å². The molecular weight excluding hydrogens is 158 g/mol. The van der Waals surface area contributed by atoms with E-state index in [0.717, 1.165) is 12.0 Å². The molecular formula is C12H24N+. The van der Waals surface area contributed by atoms with Crippen LogP contribution in [0.15, 0.2) is 0 Å². The lowest BCUT2D eigenvalue weighted by atomic mass is 9.77. The van der Waals surface area contributed by atoms with E-state index in [0.29, 0.717) is 0 Å². The molecule has 3 unspecified atom stereocenters. The second-order valence-electron chi connectivity index (χ2n) is 5.27. The highest BCUT2D eigenvalue weighted by molar-refractivity contribution is 4.79. The Morgan fingerprint density at radius 3 is 2.54 bits per heavy atom. The van der Waals surface area contributed by atoms with Crippen molar-refractivity contribution >= 4 is 0 Å². The van der Waals surface area contributed by atoms with Gasteiger partial charge in [0, 0.05) is 5.92 Å². The molecule has 0 aromatic carbocycles. The SMILES string of the molecule is CC[N+]1(C)CCCC2CCCCC21. The molecule has 1 aliphatic heterocycles. The van der Waals surface area contributed by atoms with Crippen molar-refractivity contribution in [2.75, 3.05) is 20.1 Å². The molecule has 0 aromatic rings. The minimum Gasteiger partial charge on any atom is -0.324 e. The van der Waals surface area contributed by atoms with Gasteiger partial charge in [0.15, 0.2) is 0 Å². The molecule has 1 saturated carbocycles. The molecule has 0 bridgehead atoms. The Hall–Kier alpha value is -0.0400. The minimum absolute atomic E-state index is 1.02. The van der Waals surface area contributed by atoms with Crippen LogP contribution >= 0.6 is 0 Å². The molecule has 1 nitrogen and oxygen atoms in total. The fourth-order valence-corrected chi connectivity index (χ4v) is 3.62. The van der Waals surface area contributed by atoms with Crippen molar-refractivity contribution in [1.29, 1.82) is 0 Å². The third-order valence-electron chi connectivity index (χ3n) is 4.64. The highest BCUT2D eigenvalue weighted by Gasteiger charge is 2.41. The predicted molar refractivity (Wildman–Crippen MR) is 56.6 cm³/mol. The molecule has 0 amide bonds. The molecule has 0 aromatic heterocycles. The van der Waals surface area contributed by atoms with Crippen molar-refractivity contribution in [3.05, 3.63) is 0 Å². The summed E-state index contributed by atoms with van der Waals surface area (Å²) in [5.41, 5.74) is 0. The molecule has 0 N–H and O–H groups in total. The Morgan fingerprint density at radius 2 is 1.77 bits per heavy atom. The van der Waals surface area contributed by atoms with E-state index in [4.69, 9.17) is 0 Å². The van der Waals surface area contributed by atoms with Crippen LogP contribution in [0.5, 0.6) is 0 Å². The van der Waals surface area contributed by atoms with Crippen LogP contribution < -0.4 is 0 Å². The van der Waals surface area contributed by atoms with Crippen LogP contribution in [0.2, 0.25) is 0 Å². The lowest BCUT2D eigenvalue weighted by molar-refractivity contribution is -0.941. The van der Waals surface area contributed by atoms with Crippen LogP contribution in [0, 0.1) is 5.92 Å². The lowest BCUT2D eigenvalue weighted by Gasteiger charge is -2.50. The van der Waals surface area contributed by atoms with Crippen LogP contribution in [0.1, 0.15) is 45.4 Å². The van der Waals surface area contributed by atoms with E-state index in [2.05, 4.69) is 14.0 Å². The van der Waals surface area contributed by atoms with Gasteiger partial charge < -0.3 is 4.48 Å². The molecule has 76 valence electrons. The summed E-state index contributed by atoms with van der Waals surface area (Å²) in [5, 5.41) is 0. The number of quaternary nitrogens is 1. The largest absolute Gasteiger partial charge is 0.324 e. The van der Waals surface area contributed by atoms with Gasteiger partial charge in [0.25, 0.3) is 0 Å². The second kappa shape index (κ2) is 3.61. The summed E-state index contributed by atoms with van der Waals surface area (Å²) >= 11 is 0. The van der Waals surface area contributed by atoms with E-state index in [1.165, 1.54) is 56.1 Å². The standard InChI is InChI=1S/C12H24N/c1-3-13(2)10-6-8-11-7-4-5-9-12(11)13/h11-12H,3-10H2,1-2H3/q+1. The van der Waals surface area contributed by atoms with E-state index >= 15 is 0 Å². The third kappa shape index (κ3) is 1.63. The first-order valence-corrected chi connectivity index (χ1v) is 6.10. The van der Waals surface area contributed by atoms with Gasteiger partial charge in [0.05, 0.1) is 26.2 Å². The van der Waals surface area contributed by atoms with Crippen molar-refractivity contribution in [3.63, 3.8) is 0 Å². The lowest BCUT2D eigenvalue weighted by Crippen LogP contribution is -2.59. The number of piperidine rings is 1. The highest BCUT2D eigenvalue weighted by atomic mass is 15.4. The molecule has 0 radical (unpaired) electrons. The van der Waals surface area contributed by atoms with Crippen LogP contribution in [-0.4, -0.2) is 30.7 Å². The summed E-state index contributed by atoms with van der Waals surface area (Å²) in [4.78, 5) is 0. The summed E-state index contributed by atoms with van der Waals surface area (Å²) in [7, 11) is 2.49. The van der Waals surface area contributed by atoms with E-state index in [-0.39, 0.29) is 0 Å². The smallest absolute Gasteiger partial charge is 0.0916 e. The van der Waals surface area contributed by atoms with Crippen molar-refractivity contribution in [3.8, 4) is 0 Å². The maximum absolute atomic E-state index is 2.49. The maximum atomic E-state index is 2.49. The van der Waals surface area contributed by atoms with Crippen molar-refractivity contribution in [1.82, 2.24) is 0 Å². The minimum atomic E-state index is 1.02. The summed E-state index contributed by atoms with van der Waals surface area (Å²) in [6.45, 7) is 5.16. The number of hydrogen-bond donors (Lipinski definition) is 0. The van der Waals surface area contributed by atoms with Crippen LogP contribution in [0.4, 0.5) is 0 Å². The van der Waals surface area contributed by atoms with E-state index in [1.807, 2.05) is 0 Å². The summed E-state index contributed by atoms with van der Waals surface area (Å²) in [6, 6.07) is 1.02. The average Bonchev–Trinajstić information content (AvgIpc) is 2.19. The van der Waals surface area contributed by atoms with Crippen LogP contribution in [0.3, 0.4) is 0 Å². The molecule has 3 atom stereocenters. The topological polar surface area (TPSA) is 0 Å². The summed E-state index contributed by atoms with van der Waals surface area (Å²) in [6.07, 6.45) is 9.04. The number of fused-ring (bicyclic) bond motifs is 1. The molecule has 2 fully saturated rings. The zero-order valence-corrected chi connectivity index (χ0v) is 9.26. The molecule has 1 saturated heterocycles. The quantitative estimate of drug-likeness (QED) is 0.547. The third-order valence-corrected chi connectivity index (χ3v) is 4.64. The van der Waals surface area contributed by atoms with Gasteiger partial charge in [-0.15, -0.1) is 0 Å². The molecule has 1 heteroatoms. The van der Waals surface area contributed by atoms with Gasteiger partial charge in [-0.25, -0.2) is 0 Å². The Labute approximate surface area is 82.7 Å². The van der Waals surface area contributed by atoms with Crippen molar-refractivity contribution in [2.24, 2.45) is 5.92 Å². The fourth-order valence-electron chi connectivity index (χ4n) is 3.62. The molecule has 1 heterocycles. The van der Waals surface area contributed by atoms with Gasteiger partial charge in [-0.05, 0) is 39.0 Å². The van der Waals surface area contributed by atoms with Gasteiger partial charge in [0.1, 0.15) is 0 Å². The Morgan fingerprint density at radius 1 is 1.08 bits per heavy atom. The van der Waals surface area contributed by atoms with Crippen LogP contribution in [-0.2, 0) is 0 Å². The Kier molecular flexibility index (Phi) is 2.64. The number of hydrogen-bond acceptors (Lipinski definition) is 0. The second-order valence-corrected chi connectivity index (χ2v) is 5.27. The van der Waals surface area contributed by atoms with Gasteiger partial charge in [-0.3, -0.25) is 0 Å². The maximum Gasteiger partial charge on any atom is 0.0916 e. The van der Waals surface area contributed by atoms with Gasteiger partial charge in [0.2, 0.25) is 0 Å². The molecule has 13 heavy (non-hydrogen) atoms. The monoisotopic (exact) mass is 182 g/mol. The zero-order valence-electron chi connectivity index (χ0n) is 9.26. The van der Waals surface area contributed by atoms with Crippen molar-refractivity contribution < 1.29 is 4.48 Å². The van der Waals surface area contributed by atoms with Crippen LogP contribution in [0.25, 0.3) is 0 Å². The van der Waals surface area contributed by atoms with E-state index < -0.39 is 0 Å². The normalized spacial score (nSPS) is 45.7. The molecule has 2 aliphatic rings. The molecule has 0 spiro atoms. The molecule has 1 aliphatic carbocycles. The fraction of sp³-hybridized carbons (Fsp3) is 1.00. The first kappa shape index (κ1) is 9.51. The molecule has 2 rings (SSSR count). The summed E-state index contributed by atoms with van der Waals surface area (Å²) in [5.74, 6) is 1.08. The van der Waals surface area contributed by atoms with Gasteiger partial charge in [-0.1, -0.05) is 6.42 Å². The van der Waals surface area contributed by atoms with E-state index in [1.54, 1.807) is 0 Å². The van der Waals surface area contributed by atoms with Crippen molar-refractivity contribution in [2.45, 2.75) is 51.5 Å². The number of likely N-dealkylation sites (tertiary alicyclic amines) is 1. The Balaban J connectivity index is 2.11. The number of rotatable bonds is 1. The first-order valence-electron chi connectivity index (χ1n) is 6.10. The number of nitrogens with zero attached hydrogens (tertiary/aromatic N) is 1. The summed E-state index contributed by atoms with van der Waals surface area (Å²) < 4.78 is 1.38.